The van der Waals surface area contributed by atoms with Crippen LogP contribution in [0.25, 0.3) is 0 Å². The normalized spacial score (nSPS) is 12.0. The Kier molecular flexibility index (Phi) is 4.59. The lowest BCUT2D eigenvalue weighted by atomic mass is 10.1. The summed E-state index contributed by atoms with van der Waals surface area (Å²) in [5, 5.41) is 13.8. The number of hydrogen-bond donors (Lipinski definition) is 1. The van der Waals surface area contributed by atoms with E-state index in [1.807, 2.05) is 26.0 Å². The standard InChI is InChI=1S/C14H13ClN2O3S/c1-8-3-6-13(21-8)9(2)16-14(18)11-7-10(17(19)20)4-5-12(11)15/h3-7,9H,1-2H3,(H,16,18). The highest BCUT2D eigenvalue weighted by Crippen LogP contribution is 2.25. The largest absolute Gasteiger partial charge is 0.345 e. The topological polar surface area (TPSA) is 72.2 Å². The zero-order chi connectivity index (χ0) is 15.6. The number of nitro benzene ring substituents is 1. The van der Waals surface area contributed by atoms with E-state index >= 15 is 0 Å². The average Bonchev–Trinajstić information content (AvgIpc) is 2.85. The fourth-order valence-corrected chi connectivity index (χ4v) is 2.92. The van der Waals surface area contributed by atoms with Gasteiger partial charge in [0.15, 0.2) is 0 Å². The van der Waals surface area contributed by atoms with E-state index < -0.39 is 10.8 Å². The van der Waals surface area contributed by atoms with Crippen molar-refractivity contribution in [3.05, 3.63) is 60.8 Å². The highest BCUT2D eigenvalue weighted by atomic mass is 35.5. The Balaban J connectivity index is 2.20. The van der Waals surface area contributed by atoms with E-state index in [-0.39, 0.29) is 22.3 Å². The van der Waals surface area contributed by atoms with Gasteiger partial charge in [0, 0.05) is 21.9 Å². The van der Waals surface area contributed by atoms with E-state index in [0.29, 0.717) is 0 Å². The maximum Gasteiger partial charge on any atom is 0.270 e. The molecule has 110 valence electrons. The molecule has 0 radical (unpaired) electrons. The number of hydrogen-bond acceptors (Lipinski definition) is 4. The van der Waals surface area contributed by atoms with Gasteiger partial charge in [-0.25, -0.2) is 0 Å². The van der Waals surface area contributed by atoms with Crippen molar-refractivity contribution in [2.24, 2.45) is 0 Å². The fraction of sp³-hybridized carbons (Fsp3) is 0.214. The number of benzene rings is 1. The minimum Gasteiger partial charge on any atom is -0.345 e. The number of nitrogens with one attached hydrogen (secondary N) is 1. The quantitative estimate of drug-likeness (QED) is 0.679. The van der Waals surface area contributed by atoms with E-state index in [1.165, 1.54) is 18.2 Å². The summed E-state index contributed by atoms with van der Waals surface area (Å²) < 4.78 is 0. The van der Waals surface area contributed by atoms with Gasteiger partial charge >= 0.3 is 0 Å². The zero-order valence-electron chi connectivity index (χ0n) is 11.4. The van der Waals surface area contributed by atoms with E-state index in [0.717, 1.165) is 9.75 Å². The van der Waals surface area contributed by atoms with Crippen LogP contribution in [-0.4, -0.2) is 10.8 Å². The van der Waals surface area contributed by atoms with Crippen molar-refractivity contribution >= 4 is 34.5 Å². The van der Waals surface area contributed by atoms with Crippen LogP contribution in [0.4, 0.5) is 5.69 Å². The summed E-state index contributed by atoms with van der Waals surface area (Å²) in [7, 11) is 0. The molecule has 0 fully saturated rings. The number of carbonyl (C=O) groups is 1. The molecule has 1 atom stereocenters. The molecule has 0 spiro atoms. The van der Waals surface area contributed by atoms with Gasteiger partial charge in [-0.15, -0.1) is 11.3 Å². The SMILES string of the molecule is Cc1ccc(C(C)NC(=O)c2cc([N+](=O)[O-])ccc2Cl)s1. The molecule has 5 nitrogen and oxygen atoms in total. The predicted molar refractivity (Wildman–Crippen MR) is 83.0 cm³/mol. The van der Waals surface area contributed by atoms with Crippen molar-refractivity contribution in [3.63, 3.8) is 0 Å². The fourth-order valence-electron chi connectivity index (χ4n) is 1.83. The highest BCUT2D eigenvalue weighted by Gasteiger charge is 2.18. The number of thiophene rings is 1. The molecule has 1 N–H and O–H groups in total. The molecule has 0 bridgehead atoms. The van der Waals surface area contributed by atoms with Crippen molar-refractivity contribution in [2.45, 2.75) is 19.9 Å². The van der Waals surface area contributed by atoms with E-state index in [2.05, 4.69) is 5.32 Å². The Morgan fingerprint density at radius 2 is 2.10 bits per heavy atom. The summed E-state index contributed by atoms with van der Waals surface area (Å²) in [5.74, 6) is -0.428. The first-order valence-corrected chi connectivity index (χ1v) is 7.39. The molecule has 0 aliphatic heterocycles. The van der Waals surface area contributed by atoms with Crippen LogP contribution in [0.5, 0.6) is 0 Å². The number of carbonyl (C=O) groups excluding carboxylic acids is 1. The average molecular weight is 325 g/mol. The first-order chi connectivity index (χ1) is 9.88. The molecule has 1 aromatic heterocycles. The van der Waals surface area contributed by atoms with Gasteiger partial charge in [0.1, 0.15) is 0 Å². The van der Waals surface area contributed by atoms with Gasteiger partial charge in [-0.3, -0.25) is 14.9 Å². The van der Waals surface area contributed by atoms with Crippen LogP contribution >= 0.6 is 22.9 Å². The Bertz CT molecular complexity index is 699. The first-order valence-electron chi connectivity index (χ1n) is 6.19. The molecule has 2 aromatic rings. The maximum absolute atomic E-state index is 12.2. The van der Waals surface area contributed by atoms with Gasteiger partial charge in [-0.1, -0.05) is 11.6 Å². The lowest BCUT2D eigenvalue weighted by Gasteiger charge is -2.13. The minimum absolute atomic E-state index is 0.103. The van der Waals surface area contributed by atoms with Gasteiger partial charge in [-0.2, -0.15) is 0 Å². The zero-order valence-corrected chi connectivity index (χ0v) is 13.0. The maximum atomic E-state index is 12.2. The number of rotatable bonds is 4. The second-order valence-electron chi connectivity index (χ2n) is 4.56. The predicted octanol–water partition coefficient (Wildman–Crippen LogP) is 4.11. The van der Waals surface area contributed by atoms with E-state index in [9.17, 15) is 14.9 Å². The molecule has 7 heteroatoms. The molecule has 0 aliphatic carbocycles. The molecule has 1 amide bonds. The summed E-state index contributed by atoms with van der Waals surface area (Å²) in [6, 6.07) is 7.54. The molecule has 0 saturated carbocycles. The van der Waals surface area contributed by atoms with Gasteiger partial charge in [0.25, 0.3) is 11.6 Å². The van der Waals surface area contributed by atoms with Crippen LogP contribution in [0.1, 0.15) is 33.1 Å². The third-order valence-corrected chi connectivity index (χ3v) is 4.45. The van der Waals surface area contributed by atoms with Crippen molar-refractivity contribution in [3.8, 4) is 0 Å². The summed E-state index contributed by atoms with van der Waals surface area (Å²) in [4.78, 5) is 24.6. The lowest BCUT2D eigenvalue weighted by molar-refractivity contribution is -0.384. The number of halogens is 1. The van der Waals surface area contributed by atoms with Crippen LogP contribution in [0.2, 0.25) is 5.02 Å². The van der Waals surface area contributed by atoms with Gasteiger partial charge < -0.3 is 5.32 Å². The molecule has 1 aromatic carbocycles. The molecule has 0 saturated heterocycles. The van der Waals surface area contributed by atoms with Crippen LogP contribution in [-0.2, 0) is 0 Å². The number of aryl methyl sites for hydroxylation is 1. The van der Waals surface area contributed by atoms with Crippen LogP contribution in [0.3, 0.4) is 0 Å². The second-order valence-corrected chi connectivity index (χ2v) is 6.29. The molecule has 1 unspecified atom stereocenters. The highest BCUT2D eigenvalue weighted by molar-refractivity contribution is 7.12. The summed E-state index contributed by atoms with van der Waals surface area (Å²) >= 11 is 7.54. The Labute approximate surface area is 130 Å². The van der Waals surface area contributed by atoms with Crippen molar-refractivity contribution in [2.75, 3.05) is 0 Å². The number of amides is 1. The number of nitrogens with zero attached hydrogens (tertiary/aromatic N) is 1. The third kappa shape index (κ3) is 3.59. The van der Waals surface area contributed by atoms with E-state index in [4.69, 9.17) is 11.6 Å². The summed E-state index contributed by atoms with van der Waals surface area (Å²) in [6.45, 7) is 3.84. The second kappa shape index (κ2) is 6.24. The van der Waals surface area contributed by atoms with Gasteiger partial charge in [0.2, 0.25) is 0 Å². The Morgan fingerprint density at radius 1 is 1.38 bits per heavy atom. The number of non-ortho nitro benzene ring substituents is 1. The van der Waals surface area contributed by atoms with Crippen molar-refractivity contribution < 1.29 is 9.72 Å². The Hall–Kier alpha value is -1.92. The lowest BCUT2D eigenvalue weighted by Crippen LogP contribution is -2.26. The molecular weight excluding hydrogens is 312 g/mol. The third-order valence-electron chi connectivity index (χ3n) is 2.94. The van der Waals surface area contributed by atoms with Gasteiger partial charge in [-0.05, 0) is 32.0 Å². The first kappa shape index (κ1) is 15.5. The molecule has 2 rings (SSSR count). The smallest absolute Gasteiger partial charge is 0.270 e. The van der Waals surface area contributed by atoms with Crippen LogP contribution in [0, 0.1) is 17.0 Å². The van der Waals surface area contributed by atoms with Crippen molar-refractivity contribution in [1.82, 2.24) is 5.32 Å². The van der Waals surface area contributed by atoms with Crippen LogP contribution in [0.15, 0.2) is 30.3 Å². The minimum atomic E-state index is -0.556. The molecule has 0 aliphatic rings. The summed E-state index contributed by atoms with van der Waals surface area (Å²) in [5.41, 5.74) is -0.0600. The van der Waals surface area contributed by atoms with Gasteiger partial charge in [0.05, 0.1) is 21.6 Å². The van der Waals surface area contributed by atoms with Crippen LogP contribution < -0.4 is 5.32 Å². The van der Waals surface area contributed by atoms with Crippen molar-refractivity contribution in [1.29, 1.82) is 0 Å². The van der Waals surface area contributed by atoms with E-state index in [1.54, 1.807) is 11.3 Å². The monoisotopic (exact) mass is 324 g/mol. The Morgan fingerprint density at radius 3 is 2.67 bits per heavy atom. The number of nitro groups is 1. The molecular formula is C14H13ClN2O3S. The molecule has 1 heterocycles. The molecule has 21 heavy (non-hydrogen) atoms. The summed E-state index contributed by atoms with van der Waals surface area (Å²) in [6.07, 6.45) is 0.